The zero-order valence-electron chi connectivity index (χ0n) is 13.5. The first-order chi connectivity index (χ1) is 11.9. The van der Waals surface area contributed by atoms with Crippen molar-refractivity contribution in [2.75, 3.05) is 5.32 Å². The number of rotatable bonds is 4. The van der Waals surface area contributed by atoms with Crippen LogP contribution >= 0.6 is 0 Å². The van der Waals surface area contributed by atoms with E-state index in [1.54, 1.807) is 4.52 Å². The van der Waals surface area contributed by atoms with Crippen molar-refractivity contribution in [1.82, 2.24) is 19.8 Å². The van der Waals surface area contributed by atoms with E-state index in [9.17, 15) is 18.0 Å². The molecular weight excluding hydrogens is 335 g/mol. The normalized spacial score (nSPS) is 11.1. The number of carbonyl (C=O) groups excluding carboxylic acids is 1. The van der Waals surface area contributed by atoms with Crippen LogP contribution in [-0.4, -0.2) is 25.7 Å². The molecule has 25 heavy (non-hydrogen) atoms. The molecule has 2 aromatic heterocycles. The van der Waals surface area contributed by atoms with Crippen LogP contribution in [-0.2, 0) is 11.2 Å². The average molecular weight is 349 g/mol. The summed E-state index contributed by atoms with van der Waals surface area (Å²) in [6.45, 7) is 3.67. The van der Waals surface area contributed by atoms with Gasteiger partial charge < -0.3 is 5.32 Å². The van der Waals surface area contributed by atoms with Crippen LogP contribution < -0.4 is 5.32 Å². The van der Waals surface area contributed by atoms with Crippen LogP contribution in [0.3, 0.4) is 0 Å². The second-order valence-corrected chi connectivity index (χ2v) is 5.59. The Labute approximate surface area is 140 Å². The first-order valence-corrected chi connectivity index (χ1v) is 7.47. The molecule has 0 fully saturated rings. The smallest absolute Gasteiger partial charge is 0.224 e. The van der Waals surface area contributed by atoms with Gasteiger partial charge in [0.15, 0.2) is 23.1 Å². The van der Waals surface area contributed by atoms with Gasteiger partial charge in [0.25, 0.3) is 0 Å². The maximum absolute atomic E-state index is 13.2. The lowest BCUT2D eigenvalue weighted by Gasteiger charge is -2.10. The summed E-state index contributed by atoms with van der Waals surface area (Å²) in [5.41, 5.74) is 2.91. The number of carbonyl (C=O) groups is 1. The molecule has 0 bridgehead atoms. The monoisotopic (exact) mass is 349 g/mol. The summed E-state index contributed by atoms with van der Waals surface area (Å²) in [6.07, 6.45) is 1.92. The minimum Gasteiger partial charge on any atom is -0.326 e. The highest BCUT2D eigenvalue weighted by molar-refractivity contribution is 5.90. The van der Waals surface area contributed by atoms with Gasteiger partial charge in [-0.2, -0.15) is 5.10 Å². The van der Waals surface area contributed by atoms with Gasteiger partial charge in [-0.25, -0.2) is 17.7 Å². The minimum absolute atomic E-state index is 0.0638. The van der Waals surface area contributed by atoms with Crippen LogP contribution in [0.15, 0.2) is 18.5 Å². The molecule has 1 aromatic carbocycles. The predicted octanol–water partition coefficient (Wildman–Crippen LogP) is 2.73. The van der Waals surface area contributed by atoms with Gasteiger partial charge in [0.05, 0.1) is 5.69 Å². The third-order valence-corrected chi connectivity index (χ3v) is 3.88. The number of hydrogen-bond acceptors (Lipinski definition) is 4. The topological polar surface area (TPSA) is 72.2 Å². The van der Waals surface area contributed by atoms with Crippen molar-refractivity contribution in [2.24, 2.45) is 0 Å². The Hall–Kier alpha value is -2.97. The third-order valence-electron chi connectivity index (χ3n) is 3.88. The molecule has 1 N–H and O–H groups in total. The summed E-state index contributed by atoms with van der Waals surface area (Å²) in [7, 11) is 0. The number of fused-ring (bicyclic) bond motifs is 1. The molecule has 6 nitrogen and oxygen atoms in total. The molecule has 0 radical (unpaired) electrons. The van der Waals surface area contributed by atoms with E-state index < -0.39 is 23.4 Å². The van der Waals surface area contributed by atoms with Gasteiger partial charge in [-0.1, -0.05) is 0 Å². The van der Waals surface area contributed by atoms with Crippen LogP contribution in [0.2, 0.25) is 0 Å². The van der Waals surface area contributed by atoms with Crippen molar-refractivity contribution in [3.8, 4) is 0 Å². The molecule has 0 aliphatic rings. The number of halogens is 3. The number of aromatic nitrogens is 4. The second-order valence-electron chi connectivity index (χ2n) is 5.59. The first-order valence-electron chi connectivity index (χ1n) is 7.47. The fourth-order valence-electron chi connectivity index (χ4n) is 2.64. The van der Waals surface area contributed by atoms with E-state index >= 15 is 0 Å². The second kappa shape index (κ2) is 6.50. The Morgan fingerprint density at radius 2 is 1.88 bits per heavy atom. The van der Waals surface area contributed by atoms with Crippen LogP contribution in [0.4, 0.5) is 18.9 Å². The number of nitrogens with one attached hydrogen (secondary N) is 1. The maximum atomic E-state index is 13.2. The van der Waals surface area contributed by atoms with E-state index in [4.69, 9.17) is 0 Å². The van der Waals surface area contributed by atoms with E-state index in [0.717, 1.165) is 29.0 Å². The van der Waals surface area contributed by atoms with Crippen molar-refractivity contribution in [3.05, 3.63) is 52.7 Å². The Kier molecular flexibility index (Phi) is 4.39. The number of benzene rings is 1. The number of aryl methyl sites for hydroxylation is 2. The number of nitrogens with zero attached hydrogens (tertiary/aromatic N) is 4. The van der Waals surface area contributed by atoms with Crippen LogP contribution in [0, 0.1) is 31.3 Å². The van der Waals surface area contributed by atoms with E-state index in [1.165, 1.54) is 6.33 Å². The molecule has 1 amide bonds. The molecule has 9 heteroatoms. The summed E-state index contributed by atoms with van der Waals surface area (Å²) in [5.74, 6) is -4.74. The largest absolute Gasteiger partial charge is 0.326 e. The van der Waals surface area contributed by atoms with Gasteiger partial charge in [-0.3, -0.25) is 4.79 Å². The lowest BCUT2D eigenvalue weighted by atomic mass is 10.0. The lowest BCUT2D eigenvalue weighted by Crippen LogP contribution is -2.14. The van der Waals surface area contributed by atoms with Gasteiger partial charge >= 0.3 is 0 Å². The van der Waals surface area contributed by atoms with Crippen LogP contribution in [0.1, 0.15) is 23.2 Å². The fraction of sp³-hybridized carbons (Fsp3) is 0.250. The zero-order chi connectivity index (χ0) is 18.1. The van der Waals surface area contributed by atoms with E-state index in [1.807, 2.05) is 13.8 Å². The van der Waals surface area contributed by atoms with E-state index in [-0.39, 0.29) is 12.1 Å². The Bertz CT molecular complexity index is 947. The molecule has 0 spiro atoms. The third kappa shape index (κ3) is 3.30. The molecule has 0 aliphatic carbocycles. The quantitative estimate of drug-likeness (QED) is 0.735. The summed E-state index contributed by atoms with van der Waals surface area (Å²) in [4.78, 5) is 12.0. The van der Waals surface area contributed by atoms with Gasteiger partial charge in [0.2, 0.25) is 5.91 Å². The highest BCUT2D eigenvalue weighted by atomic mass is 19.2. The highest BCUT2D eigenvalue weighted by Crippen LogP contribution is 2.19. The minimum atomic E-state index is -1.57. The van der Waals surface area contributed by atoms with Crippen LogP contribution in [0.5, 0.6) is 0 Å². The van der Waals surface area contributed by atoms with Gasteiger partial charge in [-0.15, -0.1) is 10.2 Å². The lowest BCUT2D eigenvalue weighted by molar-refractivity contribution is -0.116. The summed E-state index contributed by atoms with van der Waals surface area (Å²) in [6, 6.07) is 1.47. The zero-order valence-corrected chi connectivity index (χ0v) is 13.5. The number of amides is 1. The van der Waals surface area contributed by atoms with Crippen molar-refractivity contribution < 1.29 is 18.0 Å². The molecule has 0 saturated heterocycles. The predicted molar refractivity (Wildman–Crippen MR) is 83.5 cm³/mol. The molecule has 2 heterocycles. The molecule has 0 saturated carbocycles. The molecular formula is C16H14F3N5O. The van der Waals surface area contributed by atoms with Crippen molar-refractivity contribution in [2.45, 2.75) is 26.7 Å². The molecule has 0 atom stereocenters. The first kappa shape index (κ1) is 16.9. The maximum Gasteiger partial charge on any atom is 0.224 e. The van der Waals surface area contributed by atoms with Gasteiger partial charge in [-0.05, 0) is 25.8 Å². The molecule has 0 aliphatic heterocycles. The number of anilines is 1. The standard InChI is InChI=1S/C16H14F3N5O/c1-8-11(9(2)23-24-7-20-22-16(8)24)3-4-14(25)21-10-5-12(17)15(19)13(18)6-10/h5-7H,3-4H2,1-2H3,(H,21,25). The van der Waals surface area contributed by atoms with E-state index in [2.05, 4.69) is 20.6 Å². The Morgan fingerprint density at radius 1 is 1.20 bits per heavy atom. The molecule has 3 rings (SSSR count). The summed E-state index contributed by atoms with van der Waals surface area (Å²) < 4.78 is 40.8. The van der Waals surface area contributed by atoms with Crippen molar-refractivity contribution in [3.63, 3.8) is 0 Å². The molecule has 130 valence electrons. The van der Waals surface area contributed by atoms with Gasteiger partial charge in [0, 0.05) is 29.8 Å². The molecule has 3 aromatic rings. The van der Waals surface area contributed by atoms with E-state index in [0.29, 0.717) is 12.1 Å². The highest BCUT2D eigenvalue weighted by Gasteiger charge is 2.15. The number of hydrogen-bond donors (Lipinski definition) is 1. The molecule has 0 unspecified atom stereocenters. The Balaban J connectivity index is 1.73. The summed E-state index contributed by atoms with van der Waals surface area (Å²) >= 11 is 0. The SMILES string of the molecule is Cc1nn2cnnc2c(C)c1CCC(=O)Nc1cc(F)c(F)c(F)c1. The average Bonchev–Trinajstić information content (AvgIpc) is 3.00. The summed E-state index contributed by atoms with van der Waals surface area (Å²) in [5, 5.41) is 14.4. The van der Waals surface area contributed by atoms with Gasteiger partial charge in [0.1, 0.15) is 6.33 Å². The van der Waals surface area contributed by atoms with Crippen LogP contribution in [0.25, 0.3) is 5.65 Å². The Morgan fingerprint density at radius 3 is 2.56 bits per heavy atom. The fourth-order valence-corrected chi connectivity index (χ4v) is 2.64. The van der Waals surface area contributed by atoms with Crippen molar-refractivity contribution >= 4 is 17.2 Å². The van der Waals surface area contributed by atoms with Crippen molar-refractivity contribution in [1.29, 1.82) is 0 Å².